The van der Waals surface area contributed by atoms with Crippen LogP contribution in [-0.2, 0) is 18.0 Å². The number of nitrogens with zero attached hydrogens (tertiary/aromatic N) is 3. The number of aromatic nitrogens is 1. The van der Waals surface area contributed by atoms with Crippen LogP contribution in [0.4, 0.5) is 24.5 Å². The molecule has 0 saturated carbocycles. The molecule has 1 aliphatic rings. The van der Waals surface area contributed by atoms with Crippen molar-refractivity contribution in [2.45, 2.75) is 6.18 Å². The molecule has 1 aromatic heterocycles. The molecule has 2 N–H and O–H groups in total. The SMILES string of the molecule is Cn1cc(-c2cc(C(N)=Nc3cccc(C(F)(F)F)c3)ccc2Cl)cc(N2CCOCC2)c1=O. The van der Waals surface area contributed by atoms with Crippen molar-refractivity contribution in [2.75, 3.05) is 31.2 Å². The fraction of sp³-hybridized carbons (Fsp3) is 0.250. The number of amidine groups is 1. The fourth-order valence-corrected chi connectivity index (χ4v) is 3.96. The predicted molar refractivity (Wildman–Crippen MR) is 127 cm³/mol. The van der Waals surface area contributed by atoms with Gasteiger partial charge >= 0.3 is 6.18 Å². The van der Waals surface area contributed by atoms with Gasteiger partial charge in [-0.25, -0.2) is 4.99 Å². The van der Waals surface area contributed by atoms with E-state index in [0.29, 0.717) is 53.7 Å². The Balaban J connectivity index is 1.73. The predicted octanol–water partition coefficient (Wildman–Crippen LogP) is 4.60. The summed E-state index contributed by atoms with van der Waals surface area (Å²) in [7, 11) is 1.66. The van der Waals surface area contributed by atoms with Gasteiger partial charge in [-0.2, -0.15) is 13.2 Å². The second-order valence-corrected chi connectivity index (χ2v) is 8.28. The first kappa shape index (κ1) is 23.8. The van der Waals surface area contributed by atoms with Gasteiger partial charge < -0.3 is 19.9 Å². The van der Waals surface area contributed by atoms with E-state index in [-0.39, 0.29) is 17.1 Å². The standard InChI is InChI=1S/C24H22ClF3N4O2/c1-31-14-16(12-21(23(31)33)32-7-9-34-10-8-32)19-11-15(5-6-20(19)25)22(29)30-18-4-2-3-17(13-18)24(26,27)28/h2-6,11-14H,7-10H2,1H3,(H2,29,30). The van der Waals surface area contributed by atoms with Crippen LogP contribution in [-0.4, -0.2) is 36.7 Å². The zero-order valence-electron chi connectivity index (χ0n) is 18.3. The van der Waals surface area contributed by atoms with E-state index in [2.05, 4.69) is 4.99 Å². The zero-order chi connectivity index (χ0) is 24.5. The van der Waals surface area contributed by atoms with Gasteiger partial charge in [0.1, 0.15) is 11.5 Å². The van der Waals surface area contributed by atoms with Gasteiger partial charge in [0.2, 0.25) is 0 Å². The van der Waals surface area contributed by atoms with Crippen LogP contribution in [0.15, 0.2) is 64.5 Å². The summed E-state index contributed by atoms with van der Waals surface area (Å²) in [4.78, 5) is 18.9. The minimum atomic E-state index is -4.48. The minimum absolute atomic E-state index is 0.0375. The largest absolute Gasteiger partial charge is 0.416 e. The molecule has 0 spiro atoms. The molecule has 0 aliphatic carbocycles. The quantitative estimate of drug-likeness (QED) is 0.428. The molecule has 178 valence electrons. The molecule has 1 saturated heterocycles. The van der Waals surface area contributed by atoms with Crippen LogP contribution in [0.1, 0.15) is 11.1 Å². The van der Waals surface area contributed by atoms with Crippen molar-refractivity contribution in [1.82, 2.24) is 4.57 Å². The lowest BCUT2D eigenvalue weighted by atomic mass is 10.0. The summed E-state index contributed by atoms with van der Waals surface area (Å²) in [5.74, 6) is 0.0375. The van der Waals surface area contributed by atoms with Crippen LogP contribution in [0.2, 0.25) is 5.02 Å². The van der Waals surface area contributed by atoms with E-state index in [1.54, 1.807) is 37.5 Å². The van der Waals surface area contributed by atoms with Crippen molar-refractivity contribution >= 4 is 28.8 Å². The molecule has 0 atom stereocenters. The van der Waals surface area contributed by atoms with E-state index in [1.807, 2.05) is 4.90 Å². The average molecular weight is 491 g/mol. The number of halogens is 4. The van der Waals surface area contributed by atoms with Crippen LogP contribution in [0.5, 0.6) is 0 Å². The molecule has 34 heavy (non-hydrogen) atoms. The third-order valence-electron chi connectivity index (χ3n) is 5.51. The summed E-state index contributed by atoms with van der Waals surface area (Å²) in [6.45, 7) is 2.27. The number of anilines is 1. The maximum absolute atomic E-state index is 13.0. The van der Waals surface area contributed by atoms with E-state index in [4.69, 9.17) is 22.1 Å². The Bertz CT molecular complexity index is 1300. The van der Waals surface area contributed by atoms with Crippen LogP contribution in [0.3, 0.4) is 0 Å². The van der Waals surface area contributed by atoms with Crippen molar-refractivity contribution in [2.24, 2.45) is 17.8 Å². The number of benzene rings is 2. The first-order valence-electron chi connectivity index (χ1n) is 10.5. The molecule has 2 aromatic carbocycles. The normalized spacial score (nSPS) is 15.0. The van der Waals surface area contributed by atoms with Gasteiger partial charge in [0.25, 0.3) is 5.56 Å². The molecule has 0 radical (unpaired) electrons. The van der Waals surface area contributed by atoms with Gasteiger partial charge in [-0.1, -0.05) is 17.7 Å². The van der Waals surface area contributed by atoms with Gasteiger partial charge in [-0.05, 0) is 42.5 Å². The number of aliphatic imine (C=N–C) groups is 1. The van der Waals surface area contributed by atoms with Crippen molar-refractivity contribution in [3.05, 3.63) is 81.2 Å². The summed E-state index contributed by atoms with van der Waals surface area (Å²) < 4.78 is 45.9. The molecule has 3 aromatic rings. The zero-order valence-corrected chi connectivity index (χ0v) is 19.0. The van der Waals surface area contributed by atoms with Crippen molar-refractivity contribution in [1.29, 1.82) is 0 Å². The maximum Gasteiger partial charge on any atom is 0.416 e. The smallest absolute Gasteiger partial charge is 0.383 e. The van der Waals surface area contributed by atoms with Gasteiger partial charge in [0.05, 0.1) is 24.5 Å². The number of pyridine rings is 1. The number of ether oxygens (including phenoxy) is 1. The summed E-state index contributed by atoms with van der Waals surface area (Å²) in [5, 5.41) is 0.433. The molecule has 0 bridgehead atoms. The summed E-state index contributed by atoms with van der Waals surface area (Å²) >= 11 is 6.47. The Morgan fingerprint density at radius 3 is 2.56 bits per heavy atom. The number of alkyl halides is 3. The lowest BCUT2D eigenvalue weighted by Crippen LogP contribution is -2.40. The molecule has 10 heteroatoms. The maximum atomic E-state index is 13.0. The molecule has 1 aliphatic heterocycles. The van der Waals surface area contributed by atoms with Crippen molar-refractivity contribution < 1.29 is 17.9 Å². The second kappa shape index (κ2) is 9.52. The van der Waals surface area contributed by atoms with E-state index in [0.717, 1.165) is 12.1 Å². The van der Waals surface area contributed by atoms with Crippen LogP contribution < -0.4 is 16.2 Å². The minimum Gasteiger partial charge on any atom is -0.383 e. The Hall–Kier alpha value is -3.30. The molecule has 6 nitrogen and oxygen atoms in total. The number of aryl methyl sites for hydroxylation is 1. The molecule has 4 rings (SSSR count). The molecular formula is C24H22ClF3N4O2. The van der Waals surface area contributed by atoms with Gasteiger partial charge in [-0.15, -0.1) is 0 Å². The monoisotopic (exact) mass is 490 g/mol. The van der Waals surface area contributed by atoms with E-state index >= 15 is 0 Å². The molecule has 0 amide bonds. The first-order chi connectivity index (χ1) is 16.1. The Labute approximate surface area is 199 Å². The lowest BCUT2D eigenvalue weighted by Gasteiger charge is -2.28. The second-order valence-electron chi connectivity index (χ2n) is 7.87. The lowest BCUT2D eigenvalue weighted by molar-refractivity contribution is -0.137. The van der Waals surface area contributed by atoms with Crippen molar-refractivity contribution in [3.8, 4) is 11.1 Å². The molecule has 2 heterocycles. The highest BCUT2D eigenvalue weighted by Gasteiger charge is 2.30. The first-order valence-corrected chi connectivity index (χ1v) is 10.9. The highest BCUT2D eigenvalue weighted by molar-refractivity contribution is 6.33. The molecular weight excluding hydrogens is 469 g/mol. The number of nitrogens with two attached hydrogens (primary N) is 1. The third kappa shape index (κ3) is 5.10. The van der Waals surface area contributed by atoms with Gasteiger partial charge in [0.15, 0.2) is 0 Å². The number of rotatable bonds is 4. The Morgan fingerprint density at radius 2 is 1.85 bits per heavy atom. The van der Waals surface area contributed by atoms with Crippen LogP contribution >= 0.6 is 11.6 Å². The summed E-state index contributed by atoms with van der Waals surface area (Å²) in [5.41, 5.74) is 7.61. The highest BCUT2D eigenvalue weighted by Crippen LogP contribution is 2.33. The van der Waals surface area contributed by atoms with E-state index < -0.39 is 11.7 Å². The van der Waals surface area contributed by atoms with Gasteiger partial charge in [-0.3, -0.25) is 4.79 Å². The topological polar surface area (TPSA) is 72.8 Å². The van der Waals surface area contributed by atoms with E-state index in [9.17, 15) is 18.0 Å². The Kier molecular flexibility index (Phi) is 6.67. The third-order valence-corrected chi connectivity index (χ3v) is 5.84. The number of hydrogen-bond donors (Lipinski definition) is 1. The fourth-order valence-electron chi connectivity index (χ4n) is 3.73. The Morgan fingerprint density at radius 1 is 1.12 bits per heavy atom. The highest BCUT2D eigenvalue weighted by atomic mass is 35.5. The number of hydrogen-bond acceptors (Lipinski definition) is 4. The van der Waals surface area contributed by atoms with Crippen LogP contribution in [0, 0.1) is 0 Å². The van der Waals surface area contributed by atoms with E-state index in [1.165, 1.54) is 16.7 Å². The molecule has 1 fully saturated rings. The summed E-state index contributed by atoms with van der Waals surface area (Å²) in [6, 6.07) is 11.4. The summed E-state index contributed by atoms with van der Waals surface area (Å²) in [6.07, 6.45) is -2.80. The van der Waals surface area contributed by atoms with Gasteiger partial charge in [0, 0.05) is 48.0 Å². The average Bonchev–Trinajstić information content (AvgIpc) is 2.81. The van der Waals surface area contributed by atoms with Crippen LogP contribution in [0.25, 0.3) is 11.1 Å². The van der Waals surface area contributed by atoms with Crippen molar-refractivity contribution in [3.63, 3.8) is 0 Å². The number of morpholine rings is 1. The molecule has 0 unspecified atom stereocenters.